The van der Waals surface area contributed by atoms with Gasteiger partial charge in [-0.2, -0.15) is 5.10 Å². The van der Waals surface area contributed by atoms with Gasteiger partial charge in [-0.15, -0.1) is 0 Å². The first-order chi connectivity index (χ1) is 14.1. The van der Waals surface area contributed by atoms with Gasteiger partial charge in [-0.3, -0.25) is 9.47 Å². The molecule has 0 unspecified atom stereocenters. The van der Waals surface area contributed by atoms with E-state index in [1.807, 2.05) is 34.5 Å². The summed E-state index contributed by atoms with van der Waals surface area (Å²) in [7, 11) is 2.05. The Morgan fingerprint density at radius 3 is 2.62 bits per heavy atom. The van der Waals surface area contributed by atoms with Crippen LogP contribution >= 0.6 is 12.2 Å². The van der Waals surface area contributed by atoms with Crippen molar-refractivity contribution in [2.45, 2.75) is 38.7 Å². The maximum atomic E-state index is 13.4. The van der Waals surface area contributed by atoms with E-state index in [0.717, 1.165) is 37.4 Å². The second kappa shape index (κ2) is 8.98. The van der Waals surface area contributed by atoms with Crippen molar-refractivity contribution in [2.75, 3.05) is 13.7 Å². The molecular formula is C22H25FN4OS. The van der Waals surface area contributed by atoms with E-state index in [-0.39, 0.29) is 11.9 Å². The molecule has 1 fully saturated rings. The Labute approximate surface area is 175 Å². The van der Waals surface area contributed by atoms with E-state index in [0.29, 0.717) is 18.0 Å². The summed E-state index contributed by atoms with van der Waals surface area (Å²) in [4.78, 5) is 2.17. The molecule has 0 aliphatic carbocycles. The maximum Gasteiger partial charge on any atom is 0.199 e. The highest BCUT2D eigenvalue weighted by atomic mass is 32.1. The molecule has 0 saturated carbocycles. The molecule has 1 saturated heterocycles. The van der Waals surface area contributed by atoms with Gasteiger partial charge in [0.25, 0.3) is 0 Å². The summed E-state index contributed by atoms with van der Waals surface area (Å²) >= 11 is 5.76. The third-order valence-corrected chi connectivity index (χ3v) is 5.54. The molecule has 0 spiro atoms. The molecule has 3 aromatic rings. The number of rotatable bonds is 7. The number of hydrogen-bond acceptors (Lipinski definition) is 4. The molecule has 0 amide bonds. The van der Waals surface area contributed by atoms with Gasteiger partial charge in [-0.25, -0.2) is 9.07 Å². The van der Waals surface area contributed by atoms with Crippen molar-refractivity contribution >= 4 is 12.2 Å². The van der Waals surface area contributed by atoms with Crippen LogP contribution in [0.4, 0.5) is 4.39 Å². The lowest BCUT2D eigenvalue weighted by Gasteiger charge is -2.16. The predicted octanol–water partition coefficient (Wildman–Crippen LogP) is 4.49. The molecule has 4 rings (SSSR count). The van der Waals surface area contributed by atoms with Crippen LogP contribution in [0.25, 0.3) is 11.4 Å². The quantitative estimate of drug-likeness (QED) is 0.536. The van der Waals surface area contributed by atoms with Gasteiger partial charge in [0.05, 0.1) is 19.3 Å². The summed E-state index contributed by atoms with van der Waals surface area (Å²) in [6.45, 7) is 2.82. The fourth-order valence-corrected chi connectivity index (χ4v) is 3.94. The van der Waals surface area contributed by atoms with Gasteiger partial charge >= 0.3 is 0 Å². The van der Waals surface area contributed by atoms with Gasteiger partial charge in [0, 0.05) is 18.7 Å². The van der Waals surface area contributed by atoms with Crippen molar-refractivity contribution in [3.8, 4) is 11.4 Å². The van der Waals surface area contributed by atoms with E-state index in [2.05, 4.69) is 17.0 Å². The minimum atomic E-state index is -0.264. The van der Waals surface area contributed by atoms with Crippen LogP contribution in [-0.4, -0.2) is 39.0 Å². The largest absolute Gasteiger partial charge is 0.376 e. The fourth-order valence-electron chi connectivity index (χ4n) is 3.68. The Bertz CT molecular complexity index is 994. The van der Waals surface area contributed by atoms with Gasteiger partial charge in [0.15, 0.2) is 10.6 Å². The Morgan fingerprint density at radius 1 is 1.17 bits per heavy atom. The van der Waals surface area contributed by atoms with Gasteiger partial charge in [0.2, 0.25) is 0 Å². The van der Waals surface area contributed by atoms with E-state index >= 15 is 0 Å². The van der Waals surface area contributed by atoms with E-state index in [4.69, 9.17) is 22.1 Å². The molecule has 29 heavy (non-hydrogen) atoms. The molecule has 2 heterocycles. The standard InChI is InChI=1S/C22H25FN4OS/c1-25(14-17-6-3-2-4-7-17)16-27-22(29)26(15-20-8-5-13-28-20)21(24-27)18-9-11-19(23)12-10-18/h2-4,6-7,9-12,20H,5,8,13-16H2,1H3/t20-/m1/s1. The molecule has 1 aromatic heterocycles. The first-order valence-electron chi connectivity index (χ1n) is 9.88. The van der Waals surface area contributed by atoms with Crippen LogP contribution < -0.4 is 0 Å². The van der Waals surface area contributed by atoms with Crippen LogP contribution in [0.1, 0.15) is 18.4 Å². The molecule has 152 valence electrons. The minimum absolute atomic E-state index is 0.139. The van der Waals surface area contributed by atoms with Crippen molar-refractivity contribution in [1.82, 2.24) is 19.2 Å². The highest BCUT2D eigenvalue weighted by Crippen LogP contribution is 2.22. The predicted molar refractivity (Wildman–Crippen MR) is 113 cm³/mol. The number of nitrogens with zero attached hydrogens (tertiary/aromatic N) is 4. The monoisotopic (exact) mass is 412 g/mol. The third-order valence-electron chi connectivity index (χ3n) is 5.11. The lowest BCUT2D eigenvalue weighted by Crippen LogP contribution is -2.23. The van der Waals surface area contributed by atoms with Gasteiger partial charge in [-0.05, 0) is 61.9 Å². The summed E-state index contributed by atoms with van der Waals surface area (Å²) in [5.41, 5.74) is 2.08. The Kier molecular flexibility index (Phi) is 6.18. The number of hydrogen-bond donors (Lipinski definition) is 0. The topological polar surface area (TPSA) is 35.2 Å². The van der Waals surface area contributed by atoms with Crippen molar-refractivity contribution < 1.29 is 9.13 Å². The Balaban J connectivity index is 1.61. The third kappa shape index (κ3) is 4.80. The highest BCUT2D eigenvalue weighted by molar-refractivity contribution is 7.71. The highest BCUT2D eigenvalue weighted by Gasteiger charge is 2.21. The van der Waals surface area contributed by atoms with E-state index in [1.54, 1.807) is 12.1 Å². The van der Waals surface area contributed by atoms with Gasteiger partial charge in [0.1, 0.15) is 5.82 Å². The number of benzene rings is 2. The second-order valence-corrected chi connectivity index (χ2v) is 7.86. The summed E-state index contributed by atoms with van der Waals surface area (Å²) in [6, 6.07) is 16.7. The molecule has 1 aliphatic heterocycles. The zero-order valence-corrected chi connectivity index (χ0v) is 17.3. The molecule has 5 nitrogen and oxygen atoms in total. The summed E-state index contributed by atoms with van der Waals surface area (Å²) in [5, 5.41) is 4.79. The summed E-state index contributed by atoms with van der Waals surface area (Å²) < 4.78 is 23.7. The fraction of sp³-hybridized carbons (Fsp3) is 0.364. The van der Waals surface area contributed by atoms with Crippen LogP contribution in [0.15, 0.2) is 54.6 Å². The van der Waals surface area contributed by atoms with Crippen LogP contribution in [0, 0.1) is 10.6 Å². The van der Waals surface area contributed by atoms with Crippen molar-refractivity contribution in [1.29, 1.82) is 0 Å². The zero-order chi connectivity index (χ0) is 20.2. The average molecular weight is 413 g/mol. The summed E-state index contributed by atoms with van der Waals surface area (Å²) in [6.07, 6.45) is 2.22. The van der Waals surface area contributed by atoms with Crippen LogP contribution in [-0.2, 0) is 24.5 Å². The van der Waals surface area contributed by atoms with Crippen molar-refractivity contribution in [3.63, 3.8) is 0 Å². The van der Waals surface area contributed by atoms with E-state index < -0.39 is 0 Å². The molecule has 1 atom stereocenters. The molecule has 2 aromatic carbocycles. The molecule has 0 N–H and O–H groups in total. The first kappa shape index (κ1) is 19.9. The smallest absolute Gasteiger partial charge is 0.199 e. The van der Waals surface area contributed by atoms with Crippen LogP contribution in [0.2, 0.25) is 0 Å². The van der Waals surface area contributed by atoms with Gasteiger partial charge < -0.3 is 4.74 Å². The van der Waals surface area contributed by atoms with Crippen LogP contribution in [0.5, 0.6) is 0 Å². The molecular weight excluding hydrogens is 387 g/mol. The SMILES string of the molecule is CN(Cc1ccccc1)Cn1nc(-c2ccc(F)cc2)n(C[C@H]2CCCO2)c1=S. The number of halogens is 1. The van der Waals surface area contributed by atoms with E-state index in [1.165, 1.54) is 17.7 Å². The molecule has 1 aliphatic rings. The van der Waals surface area contributed by atoms with E-state index in [9.17, 15) is 4.39 Å². The average Bonchev–Trinajstić information content (AvgIpc) is 3.33. The second-order valence-electron chi connectivity index (χ2n) is 7.50. The number of ether oxygens (including phenoxy) is 1. The van der Waals surface area contributed by atoms with Crippen LogP contribution in [0.3, 0.4) is 0 Å². The number of aromatic nitrogens is 3. The Hall–Kier alpha value is -2.35. The Morgan fingerprint density at radius 2 is 1.93 bits per heavy atom. The summed E-state index contributed by atoms with van der Waals surface area (Å²) in [5.74, 6) is 0.485. The van der Waals surface area contributed by atoms with Crippen molar-refractivity contribution in [2.24, 2.45) is 0 Å². The molecule has 0 bridgehead atoms. The molecule has 0 radical (unpaired) electrons. The molecule has 7 heteroatoms. The first-order valence-corrected chi connectivity index (χ1v) is 10.3. The zero-order valence-electron chi connectivity index (χ0n) is 16.5. The lowest BCUT2D eigenvalue weighted by molar-refractivity contribution is 0.0967. The normalized spacial score (nSPS) is 16.6. The van der Waals surface area contributed by atoms with Crippen molar-refractivity contribution in [3.05, 3.63) is 70.7 Å². The minimum Gasteiger partial charge on any atom is -0.376 e. The maximum absolute atomic E-state index is 13.4. The van der Waals surface area contributed by atoms with Gasteiger partial charge in [-0.1, -0.05) is 30.3 Å². The lowest BCUT2D eigenvalue weighted by atomic mass is 10.2.